The lowest BCUT2D eigenvalue weighted by atomic mass is 10.4. The molecule has 3 nitrogen and oxygen atoms in total. The molecular weight excluding hydrogens is 161 g/mol. The Bertz CT molecular complexity index is 209. The van der Waals surface area contributed by atoms with Crippen molar-refractivity contribution in [2.45, 2.75) is 13.8 Å². The maximum absolute atomic E-state index is 12.3. The van der Waals surface area contributed by atoms with E-state index in [-0.39, 0.29) is 0 Å². The maximum Gasteiger partial charge on any atom is 0.304 e. The van der Waals surface area contributed by atoms with Gasteiger partial charge in [0.05, 0.1) is 4.92 Å². The third kappa shape index (κ3) is 4.38. The molecule has 4 heteroatoms. The number of nitro groups is 1. The molecule has 0 saturated carbocycles. The lowest BCUT2D eigenvalue weighted by Gasteiger charge is -1.88. The summed E-state index contributed by atoms with van der Waals surface area (Å²) in [5.41, 5.74) is -0.657. The number of nitrogens with zero attached hydrogens (tertiary/aromatic N) is 1. The maximum atomic E-state index is 12.3. The average molecular weight is 173 g/mol. The fourth-order valence-electron chi connectivity index (χ4n) is 0.364. The number of rotatable bonds is 3. The van der Waals surface area contributed by atoms with E-state index in [0.29, 0.717) is 0 Å². The van der Waals surface area contributed by atoms with Crippen LogP contribution in [0.2, 0.25) is 0 Å². The zero-order valence-electron chi connectivity index (χ0n) is 7.21. The van der Waals surface area contributed by atoms with Gasteiger partial charge in [0, 0.05) is 6.08 Å². The summed E-state index contributed by atoms with van der Waals surface area (Å²) in [7, 11) is 0. The topological polar surface area (TPSA) is 43.1 Å². The van der Waals surface area contributed by atoms with Crippen LogP contribution in [0.3, 0.4) is 0 Å². The van der Waals surface area contributed by atoms with Gasteiger partial charge < -0.3 is 0 Å². The fraction of sp³-hybridized carbons (Fsp3) is 0.250. The van der Waals surface area contributed by atoms with Gasteiger partial charge in [0.2, 0.25) is 0 Å². The molecule has 0 aliphatic heterocycles. The predicted octanol–water partition coefficient (Wildman–Crippen LogP) is 2.84. The number of halogens is 1. The van der Waals surface area contributed by atoms with Gasteiger partial charge in [0.15, 0.2) is 5.83 Å². The van der Waals surface area contributed by atoms with Gasteiger partial charge in [-0.1, -0.05) is 27.0 Å². The number of hydrogen-bond donors (Lipinski definition) is 0. The second-order valence-corrected chi connectivity index (χ2v) is 1.40. The third-order valence-electron chi connectivity index (χ3n) is 0.814. The Hall–Kier alpha value is -1.45. The Kier molecular flexibility index (Phi) is 8.40. The molecule has 0 amide bonds. The third-order valence-corrected chi connectivity index (χ3v) is 0.814. The van der Waals surface area contributed by atoms with E-state index in [0.717, 1.165) is 12.2 Å². The second-order valence-electron chi connectivity index (χ2n) is 1.40. The second kappa shape index (κ2) is 7.65. The van der Waals surface area contributed by atoms with Gasteiger partial charge in [-0.3, -0.25) is 10.1 Å². The van der Waals surface area contributed by atoms with Gasteiger partial charge in [-0.15, -0.1) is 0 Å². The smallest absolute Gasteiger partial charge is 0.258 e. The van der Waals surface area contributed by atoms with Gasteiger partial charge in [0.1, 0.15) is 0 Å². The molecule has 0 aliphatic rings. The molecule has 12 heavy (non-hydrogen) atoms. The van der Waals surface area contributed by atoms with Crippen LogP contribution >= 0.6 is 0 Å². The predicted molar refractivity (Wildman–Crippen MR) is 46.9 cm³/mol. The molecule has 0 fully saturated rings. The van der Waals surface area contributed by atoms with Crippen LogP contribution in [0.15, 0.2) is 36.8 Å². The molecule has 0 N–H and O–H groups in total. The van der Waals surface area contributed by atoms with Crippen molar-refractivity contribution in [3.05, 3.63) is 46.9 Å². The lowest BCUT2D eigenvalue weighted by Crippen LogP contribution is -1.96. The quantitative estimate of drug-likeness (QED) is 0.374. The van der Waals surface area contributed by atoms with Gasteiger partial charge >= 0.3 is 5.70 Å². The summed E-state index contributed by atoms with van der Waals surface area (Å²) in [4.78, 5) is 9.06. The van der Waals surface area contributed by atoms with Crippen LogP contribution in [0.5, 0.6) is 0 Å². The Labute approximate surface area is 71.0 Å². The zero-order valence-corrected chi connectivity index (χ0v) is 7.21. The lowest BCUT2D eigenvalue weighted by molar-refractivity contribution is -0.420. The highest BCUT2D eigenvalue weighted by Crippen LogP contribution is 2.07. The van der Waals surface area contributed by atoms with Crippen molar-refractivity contribution in [1.82, 2.24) is 0 Å². The van der Waals surface area contributed by atoms with Crippen molar-refractivity contribution in [2.24, 2.45) is 0 Å². The number of allylic oxidation sites excluding steroid dienone is 3. The molecule has 0 aliphatic carbocycles. The van der Waals surface area contributed by atoms with Crippen LogP contribution in [-0.4, -0.2) is 4.92 Å². The van der Waals surface area contributed by atoms with E-state index in [2.05, 4.69) is 13.2 Å². The van der Waals surface area contributed by atoms with Crippen molar-refractivity contribution in [3.8, 4) is 0 Å². The summed E-state index contributed by atoms with van der Waals surface area (Å²) < 4.78 is 12.3. The van der Waals surface area contributed by atoms with Crippen LogP contribution in [0.4, 0.5) is 4.39 Å². The highest BCUT2D eigenvalue weighted by atomic mass is 19.1. The van der Waals surface area contributed by atoms with E-state index in [1.54, 1.807) is 0 Å². The van der Waals surface area contributed by atoms with E-state index in [9.17, 15) is 14.5 Å². The molecule has 0 heterocycles. The van der Waals surface area contributed by atoms with Gasteiger partial charge in [-0.05, 0) is 6.08 Å². The summed E-state index contributed by atoms with van der Waals surface area (Å²) >= 11 is 0. The Morgan fingerprint density at radius 3 is 1.92 bits per heavy atom. The van der Waals surface area contributed by atoms with E-state index >= 15 is 0 Å². The Balaban J connectivity index is 0. The van der Waals surface area contributed by atoms with Crippen molar-refractivity contribution in [3.63, 3.8) is 0 Å². The van der Waals surface area contributed by atoms with Crippen LogP contribution in [-0.2, 0) is 0 Å². The zero-order chi connectivity index (χ0) is 10.1. The van der Waals surface area contributed by atoms with Crippen molar-refractivity contribution in [1.29, 1.82) is 0 Å². The van der Waals surface area contributed by atoms with E-state index in [1.165, 1.54) is 0 Å². The van der Waals surface area contributed by atoms with Crippen LogP contribution < -0.4 is 0 Å². The van der Waals surface area contributed by atoms with Crippen molar-refractivity contribution < 1.29 is 9.31 Å². The van der Waals surface area contributed by atoms with Crippen molar-refractivity contribution in [2.75, 3.05) is 0 Å². The first-order valence-corrected chi connectivity index (χ1v) is 3.42. The highest BCUT2D eigenvalue weighted by Gasteiger charge is 2.10. The first-order valence-electron chi connectivity index (χ1n) is 3.42. The molecule has 0 atom stereocenters. The SMILES string of the molecule is C=C/C(F)=C(\C=C)[N+](=O)[O-].CC. The summed E-state index contributed by atoms with van der Waals surface area (Å²) in [6.07, 6.45) is 1.59. The molecule has 68 valence electrons. The minimum atomic E-state index is -0.972. The molecule has 0 unspecified atom stereocenters. The minimum absolute atomic E-state index is 0.657. The van der Waals surface area contributed by atoms with E-state index in [4.69, 9.17) is 0 Å². The summed E-state index contributed by atoms with van der Waals surface area (Å²) in [6.45, 7) is 10.1. The monoisotopic (exact) mass is 173 g/mol. The highest BCUT2D eigenvalue weighted by molar-refractivity contribution is 5.19. The van der Waals surface area contributed by atoms with Gasteiger partial charge in [-0.25, -0.2) is 0 Å². The molecule has 0 radical (unpaired) electrons. The minimum Gasteiger partial charge on any atom is -0.258 e. The summed E-state index contributed by atoms with van der Waals surface area (Å²) in [6, 6.07) is 0. The Morgan fingerprint density at radius 2 is 1.83 bits per heavy atom. The van der Waals surface area contributed by atoms with Crippen molar-refractivity contribution >= 4 is 0 Å². The molecule has 0 bridgehead atoms. The molecule has 0 spiro atoms. The molecule has 0 aromatic heterocycles. The molecule has 0 aromatic rings. The van der Waals surface area contributed by atoms with Crippen LogP contribution in [0.25, 0.3) is 0 Å². The van der Waals surface area contributed by atoms with Crippen LogP contribution in [0.1, 0.15) is 13.8 Å². The van der Waals surface area contributed by atoms with Crippen LogP contribution in [0, 0.1) is 10.1 Å². The molecular formula is C8H12FNO2. The summed E-state index contributed by atoms with van der Waals surface area (Å²) in [5.74, 6) is -0.972. The normalized spacial score (nSPS) is 10.2. The molecule has 0 aromatic carbocycles. The summed E-state index contributed by atoms with van der Waals surface area (Å²) in [5, 5.41) is 9.92. The molecule has 0 rings (SSSR count). The average Bonchev–Trinajstić information content (AvgIpc) is 2.08. The largest absolute Gasteiger partial charge is 0.304 e. The first-order chi connectivity index (χ1) is 5.63. The first kappa shape index (κ1) is 13.2. The van der Waals surface area contributed by atoms with E-state index < -0.39 is 16.4 Å². The standard InChI is InChI=1S/C6H6FNO2.C2H6/c1-3-5(7)6(4-2)8(9)10;1-2/h3-4H,1-2H2;1-2H3/b6-5-;. The fourth-order valence-corrected chi connectivity index (χ4v) is 0.364. The van der Waals surface area contributed by atoms with Gasteiger partial charge in [0.25, 0.3) is 0 Å². The Morgan fingerprint density at radius 1 is 1.42 bits per heavy atom. The van der Waals surface area contributed by atoms with E-state index in [1.807, 2.05) is 13.8 Å². The van der Waals surface area contributed by atoms with Gasteiger partial charge in [-0.2, -0.15) is 4.39 Å². The molecule has 0 saturated heterocycles. The number of hydrogen-bond acceptors (Lipinski definition) is 2.